The van der Waals surface area contributed by atoms with Crippen molar-refractivity contribution in [1.29, 1.82) is 0 Å². The number of carbonyl (C=O) groups excluding carboxylic acids is 1. The zero-order valence-electron chi connectivity index (χ0n) is 10.9. The van der Waals surface area contributed by atoms with Crippen molar-refractivity contribution in [2.24, 2.45) is 5.41 Å². The van der Waals surface area contributed by atoms with Crippen LogP contribution in [0.25, 0.3) is 0 Å². The molecule has 0 aliphatic heterocycles. The van der Waals surface area contributed by atoms with Crippen molar-refractivity contribution in [3.05, 3.63) is 29.0 Å². The van der Waals surface area contributed by atoms with E-state index in [1.165, 1.54) is 0 Å². The molecule has 0 bridgehead atoms. The third-order valence-corrected chi connectivity index (χ3v) is 3.87. The standard InChI is InChI=1S/C14H19ClN2O/c1-14(2)6-3-11(4-7-14)17-13(18)10-5-8-16-12(15)9-10/h5,8-9,11H,3-4,6-7H2,1-2H3,(H,17,18). The molecule has 1 aliphatic carbocycles. The average molecular weight is 267 g/mol. The number of hydrogen-bond donors (Lipinski definition) is 1. The van der Waals surface area contributed by atoms with Gasteiger partial charge >= 0.3 is 0 Å². The van der Waals surface area contributed by atoms with Gasteiger partial charge < -0.3 is 5.32 Å². The van der Waals surface area contributed by atoms with E-state index in [4.69, 9.17) is 11.6 Å². The first-order valence-corrected chi connectivity index (χ1v) is 6.76. The van der Waals surface area contributed by atoms with Crippen molar-refractivity contribution in [3.8, 4) is 0 Å². The second-order valence-corrected chi connectivity index (χ2v) is 6.17. The molecule has 0 saturated heterocycles. The van der Waals surface area contributed by atoms with E-state index in [9.17, 15) is 4.79 Å². The van der Waals surface area contributed by atoms with Gasteiger partial charge in [0.25, 0.3) is 5.91 Å². The van der Waals surface area contributed by atoms with Crippen LogP contribution < -0.4 is 5.32 Å². The Bertz CT molecular complexity index is 435. The van der Waals surface area contributed by atoms with Crippen molar-refractivity contribution >= 4 is 17.5 Å². The van der Waals surface area contributed by atoms with E-state index in [1.807, 2.05) is 0 Å². The lowest BCUT2D eigenvalue weighted by molar-refractivity contribution is 0.0909. The molecule has 3 nitrogen and oxygen atoms in total. The van der Waals surface area contributed by atoms with E-state index in [1.54, 1.807) is 18.3 Å². The molecule has 1 heterocycles. The number of amides is 1. The van der Waals surface area contributed by atoms with Gasteiger partial charge in [-0.2, -0.15) is 0 Å². The molecule has 1 saturated carbocycles. The summed E-state index contributed by atoms with van der Waals surface area (Å²) in [5.41, 5.74) is 1.00. The summed E-state index contributed by atoms with van der Waals surface area (Å²) in [7, 11) is 0. The van der Waals surface area contributed by atoms with Gasteiger partial charge in [-0.1, -0.05) is 25.4 Å². The molecule has 18 heavy (non-hydrogen) atoms. The molecule has 1 amide bonds. The van der Waals surface area contributed by atoms with Gasteiger partial charge in [0, 0.05) is 17.8 Å². The van der Waals surface area contributed by atoms with Crippen LogP contribution in [0.15, 0.2) is 18.3 Å². The van der Waals surface area contributed by atoms with Gasteiger partial charge in [0.05, 0.1) is 0 Å². The molecule has 0 radical (unpaired) electrons. The molecule has 0 spiro atoms. The molecule has 1 aliphatic rings. The zero-order chi connectivity index (χ0) is 13.2. The summed E-state index contributed by atoms with van der Waals surface area (Å²) in [4.78, 5) is 15.9. The van der Waals surface area contributed by atoms with Crippen LogP contribution >= 0.6 is 11.6 Å². The Hall–Kier alpha value is -1.09. The van der Waals surface area contributed by atoms with Crippen LogP contribution in [-0.2, 0) is 0 Å². The van der Waals surface area contributed by atoms with Gasteiger partial charge in [0.2, 0.25) is 0 Å². The topological polar surface area (TPSA) is 42.0 Å². The Balaban J connectivity index is 1.93. The molecular formula is C14H19ClN2O. The molecule has 2 rings (SSSR count). The van der Waals surface area contributed by atoms with Gasteiger partial charge in [0.15, 0.2) is 0 Å². The SMILES string of the molecule is CC1(C)CCC(NC(=O)c2ccnc(Cl)c2)CC1. The fourth-order valence-electron chi connectivity index (χ4n) is 2.36. The lowest BCUT2D eigenvalue weighted by Gasteiger charge is -2.34. The van der Waals surface area contributed by atoms with E-state index in [-0.39, 0.29) is 11.9 Å². The molecule has 1 aromatic heterocycles. The maximum atomic E-state index is 12.0. The summed E-state index contributed by atoms with van der Waals surface area (Å²) in [6, 6.07) is 3.58. The molecule has 1 N–H and O–H groups in total. The van der Waals surface area contributed by atoms with Crippen LogP contribution in [0, 0.1) is 5.41 Å². The van der Waals surface area contributed by atoms with Crippen LogP contribution in [0.1, 0.15) is 49.9 Å². The third-order valence-electron chi connectivity index (χ3n) is 3.66. The smallest absolute Gasteiger partial charge is 0.251 e. The number of rotatable bonds is 2. The highest BCUT2D eigenvalue weighted by Crippen LogP contribution is 2.35. The maximum absolute atomic E-state index is 12.0. The Kier molecular flexibility index (Phi) is 3.91. The van der Waals surface area contributed by atoms with Gasteiger partial charge in [0.1, 0.15) is 5.15 Å². The van der Waals surface area contributed by atoms with Crippen LogP contribution in [0.5, 0.6) is 0 Å². The maximum Gasteiger partial charge on any atom is 0.251 e. The summed E-state index contributed by atoms with van der Waals surface area (Å²) < 4.78 is 0. The molecular weight excluding hydrogens is 248 g/mol. The predicted molar refractivity (Wildman–Crippen MR) is 72.8 cm³/mol. The number of nitrogens with zero attached hydrogens (tertiary/aromatic N) is 1. The van der Waals surface area contributed by atoms with Crippen LogP contribution in [0.4, 0.5) is 0 Å². The first-order chi connectivity index (χ1) is 8.46. The quantitative estimate of drug-likeness (QED) is 0.834. The van der Waals surface area contributed by atoms with Gasteiger partial charge in [-0.15, -0.1) is 0 Å². The van der Waals surface area contributed by atoms with Crippen molar-refractivity contribution < 1.29 is 4.79 Å². The van der Waals surface area contributed by atoms with Crippen molar-refractivity contribution in [2.75, 3.05) is 0 Å². The van der Waals surface area contributed by atoms with Gasteiger partial charge in [-0.05, 0) is 43.2 Å². The highest BCUT2D eigenvalue weighted by Gasteiger charge is 2.27. The fourth-order valence-corrected chi connectivity index (χ4v) is 2.53. The van der Waals surface area contributed by atoms with Crippen molar-refractivity contribution in [2.45, 2.75) is 45.6 Å². The molecule has 98 valence electrons. The lowest BCUT2D eigenvalue weighted by atomic mass is 9.75. The third kappa shape index (κ3) is 3.45. The number of carbonyl (C=O) groups is 1. The second-order valence-electron chi connectivity index (χ2n) is 5.78. The summed E-state index contributed by atoms with van der Waals surface area (Å²) in [5.74, 6) is -0.0518. The Morgan fingerprint density at radius 1 is 1.44 bits per heavy atom. The van der Waals surface area contributed by atoms with E-state index in [2.05, 4.69) is 24.1 Å². The second kappa shape index (κ2) is 5.27. The molecule has 0 aromatic carbocycles. The van der Waals surface area contributed by atoms with E-state index in [0.717, 1.165) is 25.7 Å². The highest BCUT2D eigenvalue weighted by atomic mass is 35.5. The number of pyridine rings is 1. The van der Waals surface area contributed by atoms with E-state index >= 15 is 0 Å². The normalized spacial score (nSPS) is 19.5. The summed E-state index contributed by atoms with van der Waals surface area (Å²) >= 11 is 5.78. The van der Waals surface area contributed by atoms with E-state index in [0.29, 0.717) is 16.1 Å². The first-order valence-electron chi connectivity index (χ1n) is 6.39. The van der Waals surface area contributed by atoms with Crippen molar-refractivity contribution in [3.63, 3.8) is 0 Å². The minimum absolute atomic E-state index is 0.0518. The molecule has 0 atom stereocenters. The fraction of sp³-hybridized carbons (Fsp3) is 0.571. The minimum atomic E-state index is -0.0518. The summed E-state index contributed by atoms with van der Waals surface area (Å²) in [5, 5.41) is 3.43. The Morgan fingerprint density at radius 2 is 2.11 bits per heavy atom. The lowest BCUT2D eigenvalue weighted by Crippen LogP contribution is -2.39. The Morgan fingerprint density at radius 3 is 2.72 bits per heavy atom. The summed E-state index contributed by atoms with van der Waals surface area (Å²) in [6.45, 7) is 4.57. The van der Waals surface area contributed by atoms with Gasteiger partial charge in [-0.3, -0.25) is 4.79 Å². The highest BCUT2D eigenvalue weighted by molar-refractivity contribution is 6.29. The number of nitrogens with one attached hydrogen (secondary N) is 1. The van der Waals surface area contributed by atoms with Crippen LogP contribution in [0.3, 0.4) is 0 Å². The number of aromatic nitrogens is 1. The van der Waals surface area contributed by atoms with E-state index < -0.39 is 0 Å². The van der Waals surface area contributed by atoms with Crippen LogP contribution in [-0.4, -0.2) is 16.9 Å². The molecule has 1 aromatic rings. The number of hydrogen-bond acceptors (Lipinski definition) is 2. The first kappa shape index (κ1) is 13.3. The Labute approximate surface area is 113 Å². The summed E-state index contributed by atoms with van der Waals surface area (Å²) in [6.07, 6.45) is 5.99. The monoisotopic (exact) mass is 266 g/mol. The largest absolute Gasteiger partial charge is 0.349 e. The average Bonchev–Trinajstić information content (AvgIpc) is 2.32. The number of halogens is 1. The van der Waals surface area contributed by atoms with Crippen molar-refractivity contribution in [1.82, 2.24) is 10.3 Å². The van der Waals surface area contributed by atoms with Gasteiger partial charge in [-0.25, -0.2) is 4.98 Å². The predicted octanol–water partition coefficient (Wildman–Crippen LogP) is 3.43. The minimum Gasteiger partial charge on any atom is -0.349 e. The zero-order valence-corrected chi connectivity index (χ0v) is 11.6. The van der Waals surface area contributed by atoms with Crippen LogP contribution in [0.2, 0.25) is 5.15 Å². The molecule has 1 fully saturated rings. The molecule has 0 unspecified atom stereocenters. The molecule has 4 heteroatoms.